The van der Waals surface area contributed by atoms with Crippen molar-refractivity contribution >= 4 is 79.2 Å². The van der Waals surface area contributed by atoms with Crippen molar-refractivity contribution in [2.45, 2.75) is 30.1 Å². The first-order valence-electron chi connectivity index (χ1n) is 14.6. The summed E-state index contributed by atoms with van der Waals surface area (Å²) in [5, 5.41) is 61.1. The van der Waals surface area contributed by atoms with Gasteiger partial charge in [-0.15, -0.1) is 23.1 Å². The molecule has 256 valence electrons. The van der Waals surface area contributed by atoms with Gasteiger partial charge in [-0.3, -0.25) is 9.59 Å². The van der Waals surface area contributed by atoms with Crippen LogP contribution < -0.4 is 20.7 Å². The van der Waals surface area contributed by atoms with Gasteiger partial charge in [-0.25, -0.2) is 9.78 Å². The smallest absolute Gasteiger partial charge is 0.352 e. The largest absolute Gasteiger partial charge is 0.548 e. The highest BCUT2D eigenvalue weighted by Crippen LogP contribution is 2.41. The number of hydrogen-bond donors (Lipinski definition) is 5. The Kier molecular flexibility index (Phi) is 9.59. The zero-order valence-corrected chi connectivity index (χ0v) is 27.9. The molecule has 4 aromatic rings. The Morgan fingerprint density at radius 2 is 2.10 bits per heavy atom. The van der Waals surface area contributed by atoms with Crippen molar-refractivity contribution in [1.29, 1.82) is 5.26 Å². The molecule has 2 aliphatic rings. The van der Waals surface area contributed by atoms with Crippen molar-refractivity contribution in [1.82, 2.24) is 15.2 Å². The zero-order chi connectivity index (χ0) is 35.7. The molecule has 2 aliphatic heterocycles. The quantitative estimate of drug-likeness (QED) is 0.0351. The normalized spacial score (nSPS) is 20.9. The van der Waals surface area contributed by atoms with E-state index in [-0.39, 0.29) is 16.4 Å². The van der Waals surface area contributed by atoms with Crippen molar-refractivity contribution in [3.05, 3.63) is 76.3 Å². The number of thiazole rings is 1. The van der Waals surface area contributed by atoms with Crippen molar-refractivity contribution in [2.24, 2.45) is 11.1 Å². The molecule has 3 unspecified atom stereocenters. The van der Waals surface area contributed by atoms with Gasteiger partial charge in [0.2, 0.25) is 12.0 Å². The van der Waals surface area contributed by atoms with E-state index in [2.05, 4.69) is 15.5 Å². The number of rotatable bonds is 11. The molecule has 6 N–H and O–H groups in total. The molecule has 3 aromatic heterocycles. The standard InChI is InChI=1S/C31H25N7O9S3/c32-11-17-9-16(10-19(39)23(17)40)24(30(45)46)47-36-20(18-13-50-31(33)34-18)25(41)35-21-26(42)38-22(29(43)44)15(12-49-28(21)38)4-2-7-37-6-1-3-14-5-8-48-27(14)37/h1-6,8-10,13,15,21-22,24,28H,7,12H2,(H6-,33,34,35,36,39,40,41,43,44,45,46)/b4-2+/t15?,21-,22?,24?,28-/m1/s1. The minimum absolute atomic E-state index is 0.0347. The van der Waals surface area contributed by atoms with Gasteiger partial charge in [-0.05, 0) is 35.7 Å². The van der Waals surface area contributed by atoms with Gasteiger partial charge in [-0.1, -0.05) is 22.6 Å². The molecule has 2 fully saturated rings. The molecule has 19 heteroatoms. The molecule has 0 saturated carbocycles. The third-order valence-corrected chi connectivity index (χ3v) is 11.0. The molecular formula is C31H25N7O9S3. The molecule has 0 aliphatic carbocycles. The van der Waals surface area contributed by atoms with Gasteiger partial charge in [0.1, 0.15) is 23.2 Å². The lowest BCUT2D eigenvalue weighted by molar-refractivity contribution is -0.659. The Morgan fingerprint density at radius 1 is 1.30 bits per heavy atom. The Balaban J connectivity index is 1.19. The van der Waals surface area contributed by atoms with E-state index in [0.717, 1.165) is 38.6 Å². The van der Waals surface area contributed by atoms with E-state index in [0.29, 0.717) is 12.3 Å². The number of carboxylic acids is 2. The minimum Gasteiger partial charge on any atom is -0.548 e. The molecule has 16 nitrogen and oxygen atoms in total. The minimum atomic E-state index is -1.97. The number of nitrogens with one attached hydrogen (secondary N) is 1. The lowest BCUT2D eigenvalue weighted by Crippen LogP contribution is -2.77. The highest BCUT2D eigenvalue weighted by molar-refractivity contribution is 8.00. The summed E-state index contributed by atoms with van der Waals surface area (Å²) in [6.45, 7) is 0.482. The van der Waals surface area contributed by atoms with Gasteiger partial charge in [0.15, 0.2) is 35.1 Å². The number of thiophene rings is 1. The fraction of sp³-hybridized carbons (Fsp3) is 0.226. The maximum absolute atomic E-state index is 13.5. The number of carbonyl (C=O) groups excluding carboxylic acids is 3. The van der Waals surface area contributed by atoms with Crippen molar-refractivity contribution in [2.75, 3.05) is 11.5 Å². The number of phenolic OH excluding ortho intramolecular Hbond substituents is 2. The number of carboxylic acid groups (broad SMARTS) is 2. The van der Waals surface area contributed by atoms with Crippen LogP contribution in [0.2, 0.25) is 0 Å². The van der Waals surface area contributed by atoms with Crippen LogP contribution in [0.4, 0.5) is 5.13 Å². The Morgan fingerprint density at radius 3 is 2.80 bits per heavy atom. The number of fused-ring (bicyclic) bond motifs is 2. The SMILES string of the molecule is N#Cc1cc(C(O/N=C(\C(=O)N[C@@H]2C(=O)N3C(C(=O)[O-])C(/C=C/C[n+]4cccc5ccsc54)CS[C@H]23)c2csc(N)n2)C(=O)O)cc(O)c1O. The summed E-state index contributed by atoms with van der Waals surface area (Å²) in [6.07, 6.45) is 3.55. The van der Waals surface area contributed by atoms with E-state index in [1.807, 2.05) is 40.4 Å². The van der Waals surface area contributed by atoms with E-state index >= 15 is 0 Å². The molecule has 0 bridgehead atoms. The highest BCUT2D eigenvalue weighted by Gasteiger charge is 2.56. The summed E-state index contributed by atoms with van der Waals surface area (Å²) < 4.78 is 2.03. The third kappa shape index (κ3) is 6.50. The van der Waals surface area contributed by atoms with Crippen LogP contribution in [-0.4, -0.2) is 77.9 Å². The van der Waals surface area contributed by atoms with Crippen LogP contribution in [0.15, 0.2) is 64.6 Å². The van der Waals surface area contributed by atoms with Crippen LogP contribution >= 0.6 is 34.4 Å². The predicted molar refractivity (Wildman–Crippen MR) is 177 cm³/mol. The number of anilines is 1. The second-order valence-electron chi connectivity index (χ2n) is 11.0. The number of allylic oxidation sites excluding steroid dienone is 1. The predicted octanol–water partition coefficient (Wildman–Crippen LogP) is 0.448. The number of oxime groups is 1. The second kappa shape index (κ2) is 14.0. The number of aliphatic carboxylic acids is 2. The molecule has 1 aromatic carbocycles. The van der Waals surface area contributed by atoms with Crippen LogP contribution in [0.5, 0.6) is 11.5 Å². The molecule has 6 rings (SSSR count). The average molecular weight is 736 g/mol. The first-order valence-corrected chi connectivity index (χ1v) is 17.4. The van der Waals surface area contributed by atoms with E-state index in [1.165, 1.54) is 17.1 Å². The van der Waals surface area contributed by atoms with Crippen LogP contribution in [-0.2, 0) is 30.6 Å². The number of phenols is 2. The van der Waals surface area contributed by atoms with Gasteiger partial charge >= 0.3 is 5.97 Å². The third-order valence-electron chi connectivity index (χ3n) is 7.92. The number of aromatic nitrogens is 2. The number of nitrogens with two attached hydrogens (primary N) is 1. The number of nitrogen functional groups attached to an aromatic ring is 1. The van der Waals surface area contributed by atoms with Crippen molar-refractivity contribution < 1.29 is 49.0 Å². The summed E-state index contributed by atoms with van der Waals surface area (Å²) >= 11 is 3.80. The number of thioether (sulfide) groups is 1. The number of β-lactam (4-membered cyclic amide) rings is 1. The summed E-state index contributed by atoms with van der Waals surface area (Å²) in [5.74, 6) is -6.56. The van der Waals surface area contributed by atoms with E-state index < -0.39 is 76.0 Å². The fourth-order valence-corrected chi connectivity index (χ4v) is 8.49. The number of benzene rings is 1. The van der Waals surface area contributed by atoms with E-state index in [4.69, 9.17) is 10.6 Å². The molecule has 2 saturated heterocycles. The maximum Gasteiger partial charge on any atom is 0.352 e. The number of carbonyl (C=O) groups is 4. The van der Waals surface area contributed by atoms with Crippen molar-refractivity contribution in [3.8, 4) is 17.6 Å². The first-order chi connectivity index (χ1) is 24.0. The van der Waals surface area contributed by atoms with E-state index in [9.17, 15) is 44.9 Å². The van der Waals surface area contributed by atoms with Crippen LogP contribution in [0.25, 0.3) is 10.2 Å². The Hall–Kier alpha value is -5.71. The molecular weight excluding hydrogens is 711 g/mol. The number of nitriles is 1. The molecule has 5 heterocycles. The van der Waals surface area contributed by atoms with Crippen molar-refractivity contribution in [3.63, 3.8) is 0 Å². The summed E-state index contributed by atoms with van der Waals surface area (Å²) in [4.78, 5) is 62.7. The maximum atomic E-state index is 13.5. The lowest BCUT2D eigenvalue weighted by Gasteiger charge is -2.55. The average Bonchev–Trinajstić information content (AvgIpc) is 3.75. The number of pyridine rings is 1. The number of hydrogen-bond acceptors (Lipinski definition) is 15. The lowest BCUT2D eigenvalue weighted by atomic mass is 9.93. The number of amides is 2. The van der Waals surface area contributed by atoms with Gasteiger partial charge in [-0.2, -0.15) is 9.83 Å². The summed E-state index contributed by atoms with van der Waals surface area (Å²) in [6, 6.07) is 6.90. The molecule has 5 atom stereocenters. The topological polar surface area (TPSA) is 255 Å². The second-order valence-corrected chi connectivity index (χ2v) is 13.9. The van der Waals surface area contributed by atoms with Gasteiger partial charge in [0.05, 0.1) is 23.0 Å². The van der Waals surface area contributed by atoms with Gasteiger partial charge in [0.25, 0.3) is 10.7 Å². The molecule has 50 heavy (non-hydrogen) atoms. The van der Waals surface area contributed by atoms with Crippen LogP contribution in [0, 0.1) is 17.2 Å². The van der Waals surface area contributed by atoms with E-state index in [1.54, 1.807) is 23.5 Å². The zero-order valence-electron chi connectivity index (χ0n) is 25.4. The van der Waals surface area contributed by atoms with Gasteiger partial charge in [0, 0.05) is 28.7 Å². The first kappa shape index (κ1) is 34.2. The number of nitrogens with zero attached hydrogens (tertiary/aromatic N) is 5. The highest BCUT2D eigenvalue weighted by atomic mass is 32.2. The Labute approximate surface area is 294 Å². The van der Waals surface area contributed by atoms with Crippen LogP contribution in [0.1, 0.15) is 22.9 Å². The summed E-state index contributed by atoms with van der Waals surface area (Å²) in [7, 11) is 0. The molecule has 0 radical (unpaired) electrons. The summed E-state index contributed by atoms with van der Waals surface area (Å²) in [5.41, 5.74) is 4.34. The van der Waals surface area contributed by atoms with Gasteiger partial charge < -0.3 is 46.0 Å². The Bertz CT molecular complexity index is 2120. The fourth-order valence-electron chi connectivity index (χ4n) is 5.57. The number of aromatic hydroxyl groups is 2. The van der Waals surface area contributed by atoms with Crippen LogP contribution in [0.3, 0.4) is 0 Å². The monoisotopic (exact) mass is 735 g/mol. The molecule has 2 amide bonds. The molecule has 0 spiro atoms.